The van der Waals surface area contributed by atoms with E-state index in [-0.39, 0.29) is 22.6 Å². The Balaban J connectivity index is 2.02. The molecule has 1 N–H and O–H groups in total. The SMILES string of the molecule is O=C1C(=O)N(c2ccccn2)C(c2ccccc2[N+](=O)[O-])/C1=C(\O)c1ccccc1. The van der Waals surface area contributed by atoms with E-state index in [1.54, 1.807) is 48.5 Å². The summed E-state index contributed by atoms with van der Waals surface area (Å²) in [5.74, 6) is -2.12. The molecule has 0 saturated carbocycles. The molecule has 2 aromatic carbocycles. The van der Waals surface area contributed by atoms with Crippen LogP contribution < -0.4 is 4.90 Å². The van der Waals surface area contributed by atoms with Crippen molar-refractivity contribution < 1.29 is 19.6 Å². The Morgan fingerprint density at radius 3 is 2.30 bits per heavy atom. The van der Waals surface area contributed by atoms with Crippen molar-refractivity contribution in [2.75, 3.05) is 4.90 Å². The topological polar surface area (TPSA) is 114 Å². The first-order valence-electron chi connectivity index (χ1n) is 9.01. The van der Waals surface area contributed by atoms with Gasteiger partial charge in [-0.05, 0) is 18.2 Å². The number of hydrogen-bond acceptors (Lipinski definition) is 6. The van der Waals surface area contributed by atoms with Gasteiger partial charge >= 0.3 is 5.91 Å². The molecule has 148 valence electrons. The molecular weight excluding hydrogens is 386 g/mol. The zero-order chi connectivity index (χ0) is 21.3. The number of aromatic nitrogens is 1. The van der Waals surface area contributed by atoms with E-state index >= 15 is 0 Å². The van der Waals surface area contributed by atoms with Gasteiger partial charge in [0.05, 0.1) is 16.1 Å². The number of carbonyl (C=O) groups is 2. The Morgan fingerprint density at radius 1 is 0.967 bits per heavy atom. The maximum absolute atomic E-state index is 13.0. The Bertz CT molecular complexity index is 1180. The second kappa shape index (κ2) is 7.59. The van der Waals surface area contributed by atoms with Crippen molar-refractivity contribution in [2.45, 2.75) is 6.04 Å². The fraction of sp³-hybridized carbons (Fsp3) is 0.0455. The summed E-state index contributed by atoms with van der Waals surface area (Å²) in [6.07, 6.45) is 1.45. The average Bonchev–Trinajstić information content (AvgIpc) is 3.05. The van der Waals surface area contributed by atoms with Gasteiger partial charge in [-0.25, -0.2) is 4.98 Å². The smallest absolute Gasteiger partial charge is 0.301 e. The molecule has 1 amide bonds. The van der Waals surface area contributed by atoms with Gasteiger partial charge in [0.25, 0.3) is 11.5 Å². The predicted octanol–water partition coefficient (Wildman–Crippen LogP) is 3.62. The molecule has 0 aliphatic carbocycles. The molecule has 0 spiro atoms. The number of pyridine rings is 1. The average molecular weight is 401 g/mol. The van der Waals surface area contributed by atoms with E-state index in [0.29, 0.717) is 5.56 Å². The summed E-state index contributed by atoms with van der Waals surface area (Å²) in [6, 6.07) is 17.7. The zero-order valence-corrected chi connectivity index (χ0v) is 15.5. The molecule has 1 saturated heterocycles. The third kappa shape index (κ3) is 3.10. The Labute approximate surface area is 170 Å². The van der Waals surface area contributed by atoms with Crippen LogP contribution in [-0.2, 0) is 9.59 Å². The third-order valence-electron chi connectivity index (χ3n) is 4.82. The van der Waals surface area contributed by atoms with Crippen LogP contribution in [0.3, 0.4) is 0 Å². The monoisotopic (exact) mass is 401 g/mol. The number of Topliss-reactive ketones (excluding diaryl/α,β-unsaturated/α-hetero) is 1. The molecule has 8 heteroatoms. The van der Waals surface area contributed by atoms with Gasteiger partial charge in [0.2, 0.25) is 0 Å². The normalized spacial score (nSPS) is 17.9. The number of nitro groups is 1. The number of para-hydroxylation sites is 1. The minimum Gasteiger partial charge on any atom is -0.507 e. The summed E-state index contributed by atoms with van der Waals surface area (Å²) >= 11 is 0. The highest BCUT2D eigenvalue weighted by molar-refractivity contribution is 6.51. The number of aliphatic hydroxyl groups excluding tert-OH is 1. The number of hydrogen-bond donors (Lipinski definition) is 1. The number of ketones is 1. The van der Waals surface area contributed by atoms with Crippen LogP contribution >= 0.6 is 0 Å². The van der Waals surface area contributed by atoms with E-state index in [9.17, 15) is 24.8 Å². The quantitative estimate of drug-likeness (QED) is 0.235. The van der Waals surface area contributed by atoms with E-state index in [0.717, 1.165) is 4.90 Å². The highest BCUT2D eigenvalue weighted by atomic mass is 16.6. The second-order valence-corrected chi connectivity index (χ2v) is 6.54. The van der Waals surface area contributed by atoms with E-state index in [4.69, 9.17) is 0 Å². The molecule has 0 bridgehead atoms. The molecule has 8 nitrogen and oxygen atoms in total. The highest BCUT2D eigenvalue weighted by Gasteiger charge is 2.49. The van der Waals surface area contributed by atoms with Gasteiger partial charge in [0.1, 0.15) is 17.6 Å². The highest BCUT2D eigenvalue weighted by Crippen LogP contribution is 2.44. The van der Waals surface area contributed by atoms with Gasteiger partial charge in [-0.1, -0.05) is 48.5 Å². The summed E-state index contributed by atoms with van der Waals surface area (Å²) in [5.41, 5.74) is -0.0830. The van der Waals surface area contributed by atoms with E-state index < -0.39 is 28.4 Å². The summed E-state index contributed by atoms with van der Waals surface area (Å²) in [5, 5.41) is 22.6. The van der Waals surface area contributed by atoms with Crippen LogP contribution in [-0.4, -0.2) is 26.7 Å². The molecule has 1 atom stereocenters. The Morgan fingerprint density at radius 2 is 1.63 bits per heavy atom. The van der Waals surface area contributed by atoms with Gasteiger partial charge in [0.15, 0.2) is 0 Å². The molecule has 1 aliphatic heterocycles. The van der Waals surface area contributed by atoms with Crippen molar-refractivity contribution in [1.82, 2.24) is 4.98 Å². The molecule has 4 rings (SSSR count). The number of rotatable bonds is 4. The number of anilines is 1. The van der Waals surface area contributed by atoms with Crippen LogP contribution in [0.4, 0.5) is 11.5 Å². The van der Waals surface area contributed by atoms with Gasteiger partial charge in [-0.2, -0.15) is 0 Å². The van der Waals surface area contributed by atoms with Crippen LogP contribution in [0.2, 0.25) is 0 Å². The molecule has 1 unspecified atom stereocenters. The van der Waals surface area contributed by atoms with Gasteiger partial charge in [-0.3, -0.25) is 24.6 Å². The lowest BCUT2D eigenvalue weighted by molar-refractivity contribution is -0.385. The molecule has 1 aliphatic rings. The standard InChI is InChI=1S/C22H15N3O5/c26-20(14-8-2-1-3-9-14)18-19(15-10-4-5-11-16(15)25(29)30)24(22(28)21(18)27)17-12-6-7-13-23-17/h1-13,19,26H/b20-18+. The van der Waals surface area contributed by atoms with Crippen LogP contribution in [0.5, 0.6) is 0 Å². The fourth-order valence-electron chi connectivity index (χ4n) is 3.50. The minimum atomic E-state index is -1.21. The lowest BCUT2D eigenvalue weighted by Crippen LogP contribution is -2.30. The number of benzene rings is 2. The van der Waals surface area contributed by atoms with Crippen LogP contribution in [0.15, 0.2) is 84.6 Å². The van der Waals surface area contributed by atoms with Gasteiger partial charge in [0, 0.05) is 17.8 Å². The maximum atomic E-state index is 13.0. The van der Waals surface area contributed by atoms with Crippen molar-refractivity contribution in [2.24, 2.45) is 0 Å². The van der Waals surface area contributed by atoms with Crippen molar-refractivity contribution in [1.29, 1.82) is 0 Å². The van der Waals surface area contributed by atoms with Crippen LogP contribution in [0.25, 0.3) is 5.76 Å². The van der Waals surface area contributed by atoms with E-state index in [1.807, 2.05) is 0 Å². The Kier molecular flexibility index (Phi) is 4.81. The first kappa shape index (κ1) is 19.0. The van der Waals surface area contributed by atoms with Crippen molar-refractivity contribution in [3.8, 4) is 0 Å². The maximum Gasteiger partial charge on any atom is 0.301 e. The molecule has 0 radical (unpaired) electrons. The molecule has 2 heterocycles. The number of carbonyl (C=O) groups excluding carboxylic acids is 2. The van der Waals surface area contributed by atoms with Crippen LogP contribution in [0.1, 0.15) is 17.2 Å². The molecular formula is C22H15N3O5. The zero-order valence-electron chi connectivity index (χ0n) is 15.5. The largest absolute Gasteiger partial charge is 0.507 e. The number of aliphatic hydroxyl groups is 1. The van der Waals surface area contributed by atoms with Crippen molar-refractivity contribution in [3.63, 3.8) is 0 Å². The lowest BCUT2D eigenvalue weighted by atomic mass is 9.94. The predicted molar refractivity (Wildman–Crippen MR) is 109 cm³/mol. The fourth-order valence-corrected chi connectivity index (χ4v) is 3.50. The summed E-state index contributed by atoms with van der Waals surface area (Å²) in [6.45, 7) is 0. The van der Waals surface area contributed by atoms with Gasteiger partial charge in [-0.15, -0.1) is 0 Å². The minimum absolute atomic E-state index is 0.102. The number of nitrogens with zero attached hydrogens (tertiary/aromatic N) is 3. The summed E-state index contributed by atoms with van der Waals surface area (Å²) < 4.78 is 0. The van der Waals surface area contributed by atoms with E-state index in [2.05, 4.69) is 4.98 Å². The van der Waals surface area contributed by atoms with Crippen LogP contribution in [0, 0.1) is 10.1 Å². The van der Waals surface area contributed by atoms with Crippen molar-refractivity contribution >= 4 is 29.0 Å². The Hall–Kier alpha value is -4.33. The summed E-state index contributed by atoms with van der Waals surface area (Å²) in [4.78, 5) is 42.2. The van der Waals surface area contributed by atoms with E-state index in [1.165, 1.54) is 30.5 Å². The third-order valence-corrected chi connectivity index (χ3v) is 4.82. The van der Waals surface area contributed by atoms with Crippen molar-refractivity contribution in [3.05, 3.63) is 106 Å². The summed E-state index contributed by atoms with van der Waals surface area (Å²) in [7, 11) is 0. The first-order chi connectivity index (χ1) is 14.5. The molecule has 1 aromatic heterocycles. The molecule has 30 heavy (non-hydrogen) atoms. The number of amides is 1. The molecule has 1 fully saturated rings. The lowest BCUT2D eigenvalue weighted by Gasteiger charge is -2.24. The van der Waals surface area contributed by atoms with Gasteiger partial charge < -0.3 is 5.11 Å². The number of nitro benzene ring substituents is 1. The first-order valence-corrected chi connectivity index (χ1v) is 9.01. The molecule has 3 aromatic rings. The second-order valence-electron chi connectivity index (χ2n) is 6.54.